The van der Waals surface area contributed by atoms with Gasteiger partial charge in [-0.3, -0.25) is 14.1 Å². The Balaban J connectivity index is 1.40. The van der Waals surface area contributed by atoms with Crippen LogP contribution in [0.2, 0.25) is 5.02 Å². The summed E-state index contributed by atoms with van der Waals surface area (Å²) in [4.78, 5) is 28.2. The van der Waals surface area contributed by atoms with E-state index in [1.165, 1.54) is 46.4 Å². The van der Waals surface area contributed by atoms with Crippen LogP contribution >= 0.6 is 22.9 Å². The molecule has 0 atom stereocenters. The fraction of sp³-hybridized carbons (Fsp3) is 0.105. The van der Waals surface area contributed by atoms with E-state index in [9.17, 15) is 18.0 Å². The van der Waals surface area contributed by atoms with Crippen molar-refractivity contribution in [1.82, 2.24) is 9.55 Å². The predicted molar refractivity (Wildman–Crippen MR) is 118 cm³/mol. The van der Waals surface area contributed by atoms with Crippen molar-refractivity contribution in [1.29, 1.82) is 0 Å². The van der Waals surface area contributed by atoms with Gasteiger partial charge in [-0.05, 0) is 42.5 Å². The van der Waals surface area contributed by atoms with E-state index in [4.69, 9.17) is 16.0 Å². The van der Waals surface area contributed by atoms with Gasteiger partial charge in [-0.1, -0.05) is 11.6 Å². The first-order valence-electron chi connectivity index (χ1n) is 8.93. The molecule has 12 heteroatoms. The van der Waals surface area contributed by atoms with Gasteiger partial charge < -0.3 is 9.73 Å². The number of carbonyl (C=O) groups excluding carboxylic acids is 1. The Bertz CT molecular complexity index is 1390. The lowest BCUT2D eigenvalue weighted by atomic mass is 10.3. The number of nitrogens with one attached hydrogen (secondary N) is 2. The molecule has 0 saturated heterocycles. The molecule has 2 heterocycles. The third kappa shape index (κ3) is 4.79. The highest BCUT2D eigenvalue weighted by atomic mass is 35.5. The minimum Gasteiger partial charge on any atom is -0.408 e. The highest BCUT2D eigenvalue weighted by Gasteiger charge is 2.16. The number of aryl methyl sites for hydroxylation is 1. The maximum Gasteiger partial charge on any atom is 0.419 e. The summed E-state index contributed by atoms with van der Waals surface area (Å²) < 4.78 is 33.5. The first kappa shape index (κ1) is 21.1. The van der Waals surface area contributed by atoms with E-state index < -0.39 is 15.8 Å². The lowest BCUT2D eigenvalue weighted by Gasteiger charge is -2.08. The summed E-state index contributed by atoms with van der Waals surface area (Å²) in [7, 11) is -3.77. The van der Waals surface area contributed by atoms with Gasteiger partial charge in [0.2, 0.25) is 5.91 Å². The first-order valence-corrected chi connectivity index (χ1v) is 11.7. The second-order valence-electron chi connectivity index (χ2n) is 6.40. The summed E-state index contributed by atoms with van der Waals surface area (Å²) in [6, 6.07) is 10.5. The van der Waals surface area contributed by atoms with Gasteiger partial charge in [-0.25, -0.2) is 18.2 Å². The minimum absolute atomic E-state index is 0.00665. The topological polar surface area (TPSA) is 123 Å². The number of oxazole rings is 1. The van der Waals surface area contributed by atoms with E-state index in [2.05, 4.69) is 15.0 Å². The molecule has 0 aliphatic rings. The van der Waals surface area contributed by atoms with Gasteiger partial charge in [-0.15, -0.1) is 11.3 Å². The molecule has 2 N–H and O–H groups in total. The van der Waals surface area contributed by atoms with Crippen molar-refractivity contribution in [3.8, 4) is 0 Å². The third-order valence-corrected chi connectivity index (χ3v) is 6.70. The van der Waals surface area contributed by atoms with Crippen LogP contribution < -0.4 is 15.8 Å². The van der Waals surface area contributed by atoms with Crippen LogP contribution in [0.4, 0.5) is 10.8 Å². The van der Waals surface area contributed by atoms with Gasteiger partial charge in [0, 0.05) is 35.3 Å². The van der Waals surface area contributed by atoms with Gasteiger partial charge >= 0.3 is 5.76 Å². The molecule has 4 rings (SSSR count). The number of halogens is 1. The second kappa shape index (κ2) is 8.53. The molecule has 2 aromatic heterocycles. The molecule has 0 radical (unpaired) electrons. The van der Waals surface area contributed by atoms with Gasteiger partial charge in [0.25, 0.3) is 10.0 Å². The summed E-state index contributed by atoms with van der Waals surface area (Å²) in [6.45, 7) is 0.0994. The lowest BCUT2D eigenvalue weighted by molar-refractivity contribution is -0.116. The largest absolute Gasteiger partial charge is 0.419 e. The van der Waals surface area contributed by atoms with Crippen LogP contribution in [0.3, 0.4) is 0 Å². The fourth-order valence-electron chi connectivity index (χ4n) is 2.85. The van der Waals surface area contributed by atoms with Gasteiger partial charge in [0.05, 0.1) is 10.4 Å². The number of benzene rings is 2. The van der Waals surface area contributed by atoms with Crippen molar-refractivity contribution >= 4 is 60.8 Å². The van der Waals surface area contributed by atoms with E-state index in [0.29, 0.717) is 21.8 Å². The molecule has 1 amide bonds. The van der Waals surface area contributed by atoms with Crippen molar-refractivity contribution in [3.05, 3.63) is 69.6 Å². The monoisotopic (exact) mass is 478 g/mol. The smallest absolute Gasteiger partial charge is 0.408 e. The van der Waals surface area contributed by atoms with Gasteiger partial charge in [-0.2, -0.15) is 0 Å². The molecule has 0 bridgehead atoms. The zero-order valence-electron chi connectivity index (χ0n) is 15.7. The Morgan fingerprint density at radius 2 is 1.97 bits per heavy atom. The molecule has 4 aromatic rings. The zero-order chi connectivity index (χ0) is 22.0. The Labute approximate surface area is 185 Å². The van der Waals surface area contributed by atoms with Crippen LogP contribution in [0, 0.1) is 0 Å². The Kier molecular flexibility index (Phi) is 5.81. The Hall–Kier alpha value is -3.15. The summed E-state index contributed by atoms with van der Waals surface area (Å²) in [5, 5.41) is 5.04. The quantitative estimate of drug-likeness (QED) is 0.418. The molecule has 0 saturated carbocycles. The highest BCUT2D eigenvalue weighted by molar-refractivity contribution is 7.93. The van der Waals surface area contributed by atoms with Crippen LogP contribution in [0.5, 0.6) is 0 Å². The number of thiazole rings is 1. The highest BCUT2D eigenvalue weighted by Crippen LogP contribution is 2.20. The number of fused-ring (bicyclic) bond motifs is 1. The number of hydrogen-bond donors (Lipinski definition) is 2. The Morgan fingerprint density at radius 3 is 2.68 bits per heavy atom. The van der Waals surface area contributed by atoms with E-state index in [0.717, 1.165) is 0 Å². The van der Waals surface area contributed by atoms with Crippen molar-refractivity contribution in [2.24, 2.45) is 0 Å². The lowest BCUT2D eigenvalue weighted by Crippen LogP contribution is -2.20. The molecule has 9 nitrogen and oxygen atoms in total. The zero-order valence-corrected chi connectivity index (χ0v) is 18.1. The number of aromatic nitrogens is 2. The van der Waals surface area contributed by atoms with Crippen LogP contribution in [-0.4, -0.2) is 23.9 Å². The number of rotatable bonds is 7. The van der Waals surface area contributed by atoms with E-state index in [-0.39, 0.29) is 28.9 Å². The molecule has 31 heavy (non-hydrogen) atoms. The number of sulfonamides is 1. The first-order chi connectivity index (χ1) is 14.8. The summed E-state index contributed by atoms with van der Waals surface area (Å²) in [5.74, 6) is -0.924. The number of nitrogens with zero attached hydrogens (tertiary/aromatic N) is 2. The average Bonchev–Trinajstić information content (AvgIpc) is 3.33. The molecule has 0 spiro atoms. The SMILES string of the molecule is O=C(CCn1c(=O)oc2ccc(Cl)cc21)Nc1ccc(S(=O)(=O)Nc2nccs2)cc1. The minimum atomic E-state index is -3.77. The molecular formula is C19H15ClN4O5S2. The average molecular weight is 479 g/mol. The molecule has 2 aromatic carbocycles. The number of anilines is 2. The fourth-order valence-corrected chi connectivity index (χ4v) is 4.80. The van der Waals surface area contributed by atoms with Gasteiger partial charge in [0.1, 0.15) is 0 Å². The van der Waals surface area contributed by atoms with E-state index >= 15 is 0 Å². The maximum atomic E-state index is 12.3. The normalized spacial score (nSPS) is 11.5. The number of carbonyl (C=O) groups is 1. The second-order valence-corrected chi connectivity index (χ2v) is 9.41. The third-order valence-electron chi connectivity index (χ3n) is 4.29. The molecule has 160 valence electrons. The molecule has 0 unspecified atom stereocenters. The maximum absolute atomic E-state index is 12.3. The van der Waals surface area contributed by atoms with Crippen molar-refractivity contribution in [3.63, 3.8) is 0 Å². The standard InChI is InChI=1S/C19H15ClN4O5S2/c20-12-1-6-16-15(11-12)24(19(26)29-16)9-7-17(25)22-13-2-4-14(5-3-13)31(27,28)23-18-21-8-10-30-18/h1-6,8,10-11H,7,9H2,(H,21,23)(H,22,25). The van der Waals surface area contributed by atoms with Crippen molar-refractivity contribution < 1.29 is 17.6 Å². The van der Waals surface area contributed by atoms with Crippen molar-refractivity contribution in [2.45, 2.75) is 17.9 Å². The van der Waals surface area contributed by atoms with Crippen LogP contribution in [-0.2, 0) is 21.4 Å². The van der Waals surface area contributed by atoms with E-state index in [1.54, 1.807) is 23.6 Å². The molecule has 0 aliphatic heterocycles. The van der Waals surface area contributed by atoms with Crippen LogP contribution in [0.1, 0.15) is 6.42 Å². The van der Waals surface area contributed by atoms with Gasteiger partial charge in [0.15, 0.2) is 10.7 Å². The summed E-state index contributed by atoms with van der Waals surface area (Å²) >= 11 is 7.13. The molecule has 0 aliphatic carbocycles. The van der Waals surface area contributed by atoms with Crippen LogP contribution in [0.15, 0.2) is 68.1 Å². The van der Waals surface area contributed by atoms with E-state index in [1.807, 2.05) is 0 Å². The Morgan fingerprint density at radius 1 is 1.19 bits per heavy atom. The summed E-state index contributed by atoms with van der Waals surface area (Å²) in [5.41, 5.74) is 1.32. The molecular weight excluding hydrogens is 464 g/mol. The predicted octanol–water partition coefficient (Wildman–Crippen LogP) is 3.53. The summed E-state index contributed by atoms with van der Waals surface area (Å²) in [6.07, 6.45) is 1.50. The number of hydrogen-bond acceptors (Lipinski definition) is 7. The number of amides is 1. The van der Waals surface area contributed by atoms with Crippen LogP contribution in [0.25, 0.3) is 11.1 Å². The molecule has 0 fully saturated rings. The van der Waals surface area contributed by atoms with Crippen molar-refractivity contribution in [2.75, 3.05) is 10.0 Å².